The molecule has 0 aliphatic carbocycles. The van der Waals surface area contributed by atoms with Gasteiger partial charge in [0.25, 0.3) is 0 Å². The van der Waals surface area contributed by atoms with Crippen molar-refractivity contribution in [3.63, 3.8) is 0 Å². The number of nitrogens with two attached hydrogens (primary N) is 2. The third kappa shape index (κ3) is 5.31. The first-order valence-electron chi connectivity index (χ1n) is 6.38. The van der Waals surface area contributed by atoms with Crippen LogP contribution in [0.25, 0.3) is 0 Å². The molecule has 0 amide bonds. The van der Waals surface area contributed by atoms with Crippen LogP contribution in [0, 0.1) is 0 Å². The van der Waals surface area contributed by atoms with Gasteiger partial charge in [-0.2, -0.15) is 0 Å². The van der Waals surface area contributed by atoms with Crippen LogP contribution in [-0.4, -0.2) is 25.7 Å². The van der Waals surface area contributed by atoms with Crippen LogP contribution in [0.2, 0.25) is 0 Å². The van der Waals surface area contributed by atoms with E-state index in [2.05, 4.69) is 43.4 Å². The van der Waals surface area contributed by atoms with E-state index < -0.39 is 0 Å². The summed E-state index contributed by atoms with van der Waals surface area (Å²) in [5, 5.41) is 3.32. The number of hydrogen-bond donors (Lipinski definition) is 3. The van der Waals surface area contributed by atoms with Crippen molar-refractivity contribution in [1.29, 1.82) is 0 Å². The van der Waals surface area contributed by atoms with Gasteiger partial charge in [-0.05, 0) is 30.0 Å². The first kappa shape index (κ1) is 14.2. The molecule has 1 rings (SSSR count). The highest BCUT2D eigenvalue weighted by Gasteiger charge is 2.00. The van der Waals surface area contributed by atoms with Crippen molar-refractivity contribution in [2.75, 3.05) is 19.6 Å². The smallest absolute Gasteiger partial charge is 0.0290 e. The van der Waals surface area contributed by atoms with E-state index in [1.807, 2.05) is 0 Å². The topological polar surface area (TPSA) is 64.1 Å². The summed E-state index contributed by atoms with van der Waals surface area (Å²) in [6.45, 7) is 6.71. The van der Waals surface area contributed by atoms with Gasteiger partial charge in [-0.3, -0.25) is 0 Å². The molecule has 0 fully saturated rings. The van der Waals surface area contributed by atoms with Crippen molar-refractivity contribution >= 4 is 0 Å². The zero-order chi connectivity index (χ0) is 12.7. The minimum Gasteiger partial charge on any atom is -0.329 e. The zero-order valence-corrected chi connectivity index (χ0v) is 10.9. The van der Waals surface area contributed by atoms with E-state index in [9.17, 15) is 0 Å². The summed E-state index contributed by atoms with van der Waals surface area (Å²) in [6, 6.07) is 8.91. The lowest BCUT2D eigenvalue weighted by Gasteiger charge is -2.10. The molecule has 0 saturated heterocycles. The zero-order valence-electron chi connectivity index (χ0n) is 10.9. The van der Waals surface area contributed by atoms with Crippen LogP contribution in [0.5, 0.6) is 0 Å². The van der Waals surface area contributed by atoms with Crippen molar-refractivity contribution in [3.05, 3.63) is 35.4 Å². The highest BCUT2D eigenvalue weighted by Crippen LogP contribution is 2.14. The minimum atomic E-state index is 0.0679. The average molecular weight is 235 g/mol. The molecule has 3 nitrogen and oxygen atoms in total. The monoisotopic (exact) mass is 235 g/mol. The van der Waals surface area contributed by atoms with E-state index in [4.69, 9.17) is 11.5 Å². The maximum absolute atomic E-state index is 5.72. The lowest BCUT2D eigenvalue weighted by atomic mass is 10.0. The molecule has 3 heteroatoms. The Morgan fingerprint density at radius 3 is 2.35 bits per heavy atom. The molecule has 0 saturated carbocycles. The minimum absolute atomic E-state index is 0.0679. The molecular weight excluding hydrogens is 210 g/mol. The normalized spacial score (nSPS) is 13.0. The van der Waals surface area contributed by atoms with Gasteiger partial charge in [-0.1, -0.05) is 38.1 Å². The number of rotatable bonds is 7. The summed E-state index contributed by atoms with van der Waals surface area (Å²) >= 11 is 0. The fraction of sp³-hybridized carbons (Fsp3) is 0.571. The Kier molecular flexibility index (Phi) is 6.19. The van der Waals surface area contributed by atoms with Crippen LogP contribution in [0.4, 0.5) is 0 Å². The molecule has 1 aromatic rings. The summed E-state index contributed by atoms with van der Waals surface area (Å²) in [5.41, 5.74) is 13.9. The molecule has 0 radical (unpaired) electrons. The Hall–Kier alpha value is -0.900. The molecule has 1 aromatic carbocycles. The Balaban J connectivity index is 2.28. The second-order valence-electron chi connectivity index (χ2n) is 4.85. The molecule has 0 aromatic heterocycles. The molecule has 1 atom stereocenters. The molecule has 0 aliphatic heterocycles. The summed E-state index contributed by atoms with van der Waals surface area (Å²) in [6.07, 6.45) is 1.04. The van der Waals surface area contributed by atoms with Crippen molar-refractivity contribution in [3.8, 4) is 0 Å². The van der Waals surface area contributed by atoms with Crippen molar-refractivity contribution in [2.24, 2.45) is 11.5 Å². The maximum atomic E-state index is 5.72. The van der Waals surface area contributed by atoms with Gasteiger partial charge in [0.1, 0.15) is 0 Å². The average Bonchev–Trinajstić information content (AvgIpc) is 2.34. The van der Waals surface area contributed by atoms with Crippen molar-refractivity contribution in [2.45, 2.75) is 32.2 Å². The summed E-state index contributed by atoms with van der Waals surface area (Å²) in [4.78, 5) is 0. The van der Waals surface area contributed by atoms with E-state index in [1.54, 1.807) is 0 Å². The van der Waals surface area contributed by atoms with Crippen molar-refractivity contribution < 1.29 is 0 Å². The fourth-order valence-corrected chi connectivity index (χ4v) is 1.67. The lowest BCUT2D eigenvalue weighted by Crippen LogP contribution is -2.40. The second-order valence-corrected chi connectivity index (χ2v) is 4.85. The van der Waals surface area contributed by atoms with Gasteiger partial charge in [-0.15, -0.1) is 0 Å². The first-order valence-corrected chi connectivity index (χ1v) is 6.38. The van der Waals surface area contributed by atoms with E-state index >= 15 is 0 Å². The molecule has 0 heterocycles. The summed E-state index contributed by atoms with van der Waals surface area (Å²) in [7, 11) is 0. The first-order chi connectivity index (χ1) is 8.13. The Bertz CT molecular complexity index is 306. The third-order valence-corrected chi connectivity index (χ3v) is 2.95. The fourth-order valence-electron chi connectivity index (χ4n) is 1.67. The van der Waals surface area contributed by atoms with Crippen LogP contribution in [0.3, 0.4) is 0 Å². The van der Waals surface area contributed by atoms with Crippen LogP contribution in [0.15, 0.2) is 24.3 Å². The van der Waals surface area contributed by atoms with Crippen LogP contribution < -0.4 is 16.8 Å². The van der Waals surface area contributed by atoms with Gasteiger partial charge in [0.15, 0.2) is 0 Å². The number of hydrogen-bond acceptors (Lipinski definition) is 3. The molecule has 0 bridgehead atoms. The number of benzene rings is 1. The van der Waals surface area contributed by atoms with Gasteiger partial charge in [-0.25, -0.2) is 0 Å². The maximum Gasteiger partial charge on any atom is 0.0290 e. The van der Waals surface area contributed by atoms with E-state index in [0.717, 1.165) is 19.5 Å². The highest BCUT2D eigenvalue weighted by molar-refractivity contribution is 5.24. The van der Waals surface area contributed by atoms with Gasteiger partial charge >= 0.3 is 0 Å². The molecule has 17 heavy (non-hydrogen) atoms. The predicted octanol–water partition coefficient (Wildman–Crippen LogP) is 1.23. The van der Waals surface area contributed by atoms with Crippen LogP contribution in [0.1, 0.15) is 30.9 Å². The summed E-state index contributed by atoms with van der Waals surface area (Å²) in [5.74, 6) is 0.602. The van der Waals surface area contributed by atoms with Crippen LogP contribution in [-0.2, 0) is 6.42 Å². The summed E-state index contributed by atoms with van der Waals surface area (Å²) < 4.78 is 0. The largest absolute Gasteiger partial charge is 0.329 e. The second kappa shape index (κ2) is 7.43. The lowest BCUT2D eigenvalue weighted by molar-refractivity contribution is 0.583. The van der Waals surface area contributed by atoms with Gasteiger partial charge in [0, 0.05) is 19.1 Å². The molecule has 1 unspecified atom stereocenters. The SMILES string of the molecule is CC(C)c1ccc(CCNCC(N)CN)cc1. The Labute approximate surface area is 105 Å². The van der Waals surface area contributed by atoms with E-state index in [-0.39, 0.29) is 6.04 Å². The molecular formula is C14H25N3. The Morgan fingerprint density at radius 2 is 1.82 bits per heavy atom. The van der Waals surface area contributed by atoms with E-state index in [0.29, 0.717) is 12.5 Å². The quantitative estimate of drug-likeness (QED) is 0.623. The standard InChI is InChI=1S/C14H25N3/c1-11(2)13-5-3-12(4-6-13)7-8-17-10-14(16)9-15/h3-6,11,14,17H,7-10,15-16H2,1-2H3. The molecule has 0 aliphatic rings. The highest BCUT2D eigenvalue weighted by atomic mass is 14.9. The van der Waals surface area contributed by atoms with Crippen molar-refractivity contribution in [1.82, 2.24) is 5.32 Å². The van der Waals surface area contributed by atoms with Crippen LogP contribution >= 0.6 is 0 Å². The molecule has 0 spiro atoms. The predicted molar refractivity (Wildman–Crippen MR) is 74.1 cm³/mol. The molecule has 5 N–H and O–H groups in total. The van der Waals surface area contributed by atoms with E-state index in [1.165, 1.54) is 11.1 Å². The molecule has 96 valence electrons. The third-order valence-electron chi connectivity index (χ3n) is 2.95. The van der Waals surface area contributed by atoms with Gasteiger partial charge in [0.2, 0.25) is 0 Å². The Morgan fingerprint density at radius 1 is 1.18 bits per heavy atom. The van der Waals surface area contributed by atoms with Gasteiger partial charge in [0.05, 0.1) is 0 Å². The number of nitrogens with one attached hydrogen (secondary N) is 1. The van der Waals surface area contributed by atoms with Gasteiger partial charge < -0.3 is 16.8 Å².